The third-order valence-electron chi connectivity index (χ3n) is 3.65. The van der Waals surface area contributed by atoms with Crippen LogP contribution in [-0.4, -0.2) is 36.7 Å². The van der Waals surface area contributed by atoms with Gasteiger partial charge in [-0.2, -0.15) is 0 Å². The fourth-order valence-corrected chi connectivity index (χ4v) is 2.72. The molecular weight excluding hydrogens is 240 g/mol. The van der Waals surface area contributed by atoms with E-state index in [1.165, 1.54) is 12.8 Å². The highest BCUT2D eigenvalue weighted by molar-refractivity contribution is 5.50. The van der Waals surface area contributed by atoms with Crippen LogP contribution in [0, 0.1) is 5.92 Å². The molecule has 5 heteroatoms. The fourth-order valence-electron chi connectivity index (χ4n) is 2.72. The van der Waals surface area contributed by atoms with Crippen LogP contribution in [0.5, 0.6) is 0 Å². The molecule has 106 valence electrons. The first-order chi connectivity index (χ1) is 9.15. The molecule has 2 rings (SSSR count). The lowest BCUT2D eigenvalue weighted by atomic mass is 10.0. The summed E-state index contributed by atoms with van der Waals surface area (Å²) in [6, 6.07) is 2.61. The molecule has 0 amide bonds. The quantitative estimate of drug-likeness (QED) is 0.884. The molecule has 0 saturated carbocycles. The number of aromatic nitrogens is 2. The van der Waals surface area contributed by atoms with Crippen molar-refractivity contribution in [3.05, 3.63) is 11.9 Å². The minimum Gasteiger partial charge on any atom is -0.377 e. The van der Waals surface area contributed by atoms with Crippen molar-refractivity contribution >= 4 is 11.6 Å². The van der Waals surface area contributed by atoms with Crippen LogP contribution in [0.1, 0.15) is 32.5 Å². The Morgan fingerprint density at radius 1 is 1.47 bits per heavy atom. The van der Waals surface area contributed by atoms with E-state index in [0.29, 0.717) is 18.6 Å². The predicted molar refractivity (Wildman–Crippen MR) is 77.5 cm³/mol. The Hall–Kier alpha value is -1.36. The summed E-state index contributed by atoms with van der Waals surface area (Å²) < 4.78 is 5.15. The Morgan fingerprint density at radius 3 is 2.89 bits per heavy atom. The summed E-state index contributed by atoms with van der Waals surface area (Å²) in [5, 5.41) is 3.10. The van der Waals surface area contributed by atoms with Crippen LogP contribution in [0.2, 0.25) is 0 Å². The van der Waals surface area contributed by atoms with Gasteiger partial charge in [0.05, 0.1) is 0 Å². The Balaban J connectivity index is 2.29. The minimum atomic E-state index is 0.447. The van der Waals surface area contributed by atoms with E-state index in [-0.39, 0.29) is 0 Å². The predicted octanol–water partition coefficient (Wildman–Crippen LogP) is 2.29. The van der Waals surface area contributed by atoms with Crippen molar-refractivity contribution in [2.75, 3.05) is 30.9 Å². The topological polar surface area (TPSA) is 50.3 Å². The van der Waals surface area contributed by atoms with Crippen molar-refractivity contribution in [3.63, 3.8) is 0 Å². The SMILES string of the molecule is CNc1cc(N2CCCC2C(C)C)nc(COC)n1. The van der Waals surface area contributed by atoms with Crippen molar-refractivity contribution < 1.29 is 4.74 Å². The maximum atomic E-state index is 5.15. The highest BCUT2D eigenvalue weighted by atomic mass is 16.5. The van der Waals surface area contributed by atoms with E-state index in [1.807, 2.05) is 13.1 Å². The van der Waals surface area contributed by atoms with Gasteiger partial charge in [-0.25, -0.2) is 9.97 Å². The van der Waals surface area contributed by atoms with Gasteiger partial charge in [0.2, 0.25) is 0 Å². The summed E-state index contributed by atoms with van der Waals surface area (Å²) in [4.78, 5) is 11.5. The molecule has 1 saturated heterocycles. The van der Waals surface area contributed by atoms with E-state index in [0.717, 1.165) is 24.0 Å². The van der Waals surface area contributed by atoms with Crippen molar-refractivity contribution in [1.82, 2.24) is 9.97 Å². The van der Waals surface area contributed by atoms with Gasteiger partial charge in [0.1, 0.15) is 18.2 Å². The average molecular weight is 264 g/mol. The number of ether oxygens (including phenoxy) is 1. The molecule has 1 aliphatic rings. The van der Waals surface area contributed by atoms with Gasteiger partial charge in [0.25, 0.3) is 0 Å². The maximum absolute atomic E-state index is 5.15. The first kappa shape index (κ1) is 14.1. The van der Waals surface area contributed by atoms with Gasteiger partial charge in [-0.1, -0.05) is 13.8 Å². The smallest absolute Gasteiger partial charge is 0.158 e. The third-order valence-corrected chi connectivity index (χ3v) is 3.65. The van der Waals surface area contributed by atoms with E-state index < -0.39 is 0 Å². The first-order valence-corrected chi connectivity index (χ1v) is 6.97. The van der Waals surface area contributed by atoms with Crippen LogP contribution in [0.3, 0.4) is 0 Å². The summed E-state index contributed by atoms with van der Waals surface area (Å²) >= 11 is 0. The Labute approximate surface area is 115 Å². The molecule has 19 heavy (non-hydrogen) atoms. The van der Waals surface area contributed by atoms with Crippen molar-refractivity contribution in [2.45, 2.75) is 39.3 Å². The Bertz CT molecular complexity index is 422. The molecule has 2 heterocycles. The van der Waals surface area contributed by atoms with Gasteiger partial charge >= 0.3 is 0 Å². The number of methoxy groups -OCH3 is 1. The lowest BCUT2D eigenvalue weighted by molar-refractivity contribution is 0.178. The Morgan fingerprint density at radius 2 is 2.26 bits per heavy atom. The first-order valence-electron chi connectivity index (χ1n) is 6.97. The molecule has 1 aromatic heterocycles. The summed E-state index contributed by atoms with van der Waals surface area (Å²) in [6.45, 7) is 6.08. The molecule has 1 fully saturated rings. The molecule has 0 aromatic carbocycles. The zero-order chi connectivity index (χ0) is 13.8. The number of hydrogen-bond acceptors (Lipinski definition) is 5. The van der Waals surface area contributed by atoms with E-state index in [2.05, 4.69) is 34.0 Å². The van der Waals surface area contributed by atoms with Gasteiger partial charge in [-0.15, -0.1) is 0 Å². The normalized spacial score (nSPS) is 19.2. The summed E-state index contributed by atoms with van der Waals surface area (Å²) in [7, 11) is 3.55. The monoisotopic (exact) mass is 264 g/mol. The molecule has 1 atom stereocenters. The summed E-state index contributed by atoms with van der Waals surface area (Å²) in [5.74, 6) is 3.24. The van der Waals surface area contributed by atoms with Crippen LogP contribution >= 0.6 is 0 Å². The molecule has 0 spiro atoms. The lowest BCUT2D eigenvalue weighted by Gasteiger charge is -2.29. The largest absolute Gasteiger partial charge is 0.377 e. The summed E-state index contributed by atoms with van der Waals surface area (Å²) in [5.41, 5.74) is 0. The highest BCUT2D eigenvalue weighted by Gasteiger charge is 2.28. The van der Waals surface area contributed by atoms with Crippen LogP contribution < -0.4 is 10.2 Å². The Kier molecular flexibility index (Phi) is 4.58. The van der Waals surface area contributed by atoms with Crippen LogP contribution in [-0.2, 0) is 11.3 Å². The molecule has 0 aliphatic carbocycles. The van der Waals surface area contributed by atoms with Gasteiger partial charge in [-0.3, -0.25) is 0 Å². The van der Waals surface area contributed by atoms with Gasteiger partial charge in [-0.05, 0) is 18.8 Å². The van der Waals surface area contributed by atoms with E-state index in [9.17, 15) is 0 Å². The molecule has 1 aliphatic heterocycles. The highest BCUT2D eigenvalue weighted by Crippen LogP contribution is 2.29. The van der Waals surface area contributed by atoms with Crippen LogP contribution in [0.25, 0.3) is 0 Å². The molecule has 5 nitrogen and oxygen atoms in total. The molecular formula is C14H24N4O. The number of rotatable bonds is 5. The minimum absolute atomic E-state index is 0.447. The van der Waals surface area contributed by atoms with Crippen molar-refractivity contribution in [2.24, 2.45) is 5.92 Å². The van der Waals surface area contributed by atoms with Crippen molar-refractivity contribution in [3.8, 4) is 0 Å². The molecule has 1 N–H and O–H groups in total. The average Bonchev–Trinajstić information content (AvgIpc) is 2.88. The van der Waals surface area contributed by atoms with Gasteiger partial charge in [0, 0.05) is 32.8 Å². The van der Waals surface area contributed by atoms with E-state index in [1.54, 1.807) is 7.11 Å². The van der Waals surface area contributed by atoms with Crippen LogP contribution in [0.4, 0.5) is 11.6 Å². The van der Waals surface area contributed by atoms with Crippen molar-refractivity contribution in [1.29, 1.82) is 0 Å². The number of anilines is 2. The van der Waals surface area contributed by atoms with E-state index >= 15 is 0 Å². The molecule has 0 radical (unpaired) electrons. The second-order valence-corrected chi connectivity index (χ2v) is 5.36. The number of hydrogen-bond donors (Lipinski definition) is 1. The number of nitrogens with zero attached hydrogens (tertiary/aromatic N) is 3. The van der Waals surface area contributed by atoms with Gasteiger partial charge < -0.3 is 15.0 Å². The second kappa shape index (κ2) is 6.19. The second-order valence-electron chi connectivity index (χ2n) is 5.36. The number of nitrogens with one attached hydrogen (secondary N) is 1. The molecule has 1 unspecified atom stereocenters. The zero-order valence-electron chi connectivity index (χ0n) is 12.3. The van der Waals surface area contributed by atoms with Gasteiger partial charge in [0.15, 0.2) is 5.82 Å². The van der Waals surface area contributed by atoms with Crippen LogP contribution in [0.15, 0.2) is 6.07 Å². The standard InChI is InChI=1S/C14H24N4O/c1-10(2)11-6-5-7-18(11)14-8-12(15-3)16-13(17-14)9-19-4/h8,10-11H,5-7,9H2,1-4H3,(H,15,16,17). The summed E-state index contributed by atoms with van der Waals surface area (Å²) in [6.07, 6.45) is 2.48. The zero-order valence-corrected chi connectivity index (χ0v) is 12.3. The maximum Gasteiger partial charge on any atom is 0.158 e. The van der Waals surface area contributed by atoms with E-state index in [4.69, 9.17) is 4.74 Å². The third kappa shape index (κ3) is 3.15. The molecule has 0 bridgehead atoms. The molecule has 1 aromatic rings. The lowest BCUT2D eigenvalue weighted by Crippen LogP contribution is -2.34. The fraction of sp³-hybridized carbons (Fsp3) is 0.714.